The smallest absolute Gasteiger partial charge is 0.254 e. The van der Waals surface area contributed by atoms with Crippen molar-refractivity contribution in [2.45, 2.75) is 24.9 Å². The number of hydrogen-bond donors (Lipinski definition) is 0. The molecule has 1 fully saturated rings. The van der Waals surface area contributed by atoms with Gasteiger partial charge in [-0.3, -0.25) is 4.79 Å². The van der Waals surface area contributed by atoms with Gasteiger partial charge in [-0.15, -0.1) is 0 Å². The van der Waals surface area contributed by atoms with Crippen LogP contribution >= 0.6 is 0 Å². The van der Waals surface area contributed by atoms with E-state index in [0.29, 0.717) is 0 Å². The fourth-order valence-electron chi connectivity index (χ4n) is 5.55. The van der Waals surface area contributed by atoms with Crippen molar-refractivity contribution in [3.8, 4) is 0 Å². The molecular weight excluding hydrogens is 416 g/mol. The second-order valence-electron chi connectivity index (χ2n) is 9.32. The summed E-state index contributed by atoms with van der Waals surface area (Å²) >= 11 is 0. The molecule has 2 aliphatic heterocycles. The van der Waals surface area contributed by atoms with Gasteiger partial charge in [0.1, 0.15) is 0 Å². The van der Waals surface area contributed by atoms with Crippen molar-refractivity contribution in [1.82, 2.24) is 4.90 Å². The lowest BCUT2D eigenvalue weighted by molar-refractivity contribution is 0.0718. The lowest BCUT2D eigenvalue weighted by Gasteiger charge is -2.25. The molecule has 0 radical (unpaired) electrons. The fourth-order valence-corrected chi connectivity index (χ4v) is 5.55. The van der Waals surface area contributed by atoms with E-state index in [4.69, 9.17) is 0 Å². The van der Waals surface area contributed by atoms with Gasteiger partial charge in [-0.05, 0) is 46.9 Å². The Morgan fingerprint density at radius 2 is 1.26 bits per heavy atom. The monoisotopic (exact) mass is 444 g/mol. The van der Waals surface area contributed by atoms with Crippen LogP contribution in [0.2, 0.25) is 0 Å². The van der Waals surface area contributed by atoms with E-state index in [9.17, 15) is 4.79 Å². The molecular formula is C31H28N2O. The zero-order chi connectivity index (χ0) is 22.9. The van der Waals surface area contributed by atoms with Crippen molar-refractivity contribution in [3.63, 3.8) is 0 Å². The van der Waals surface area contributed by atoms with E-state index in [-0.39, 0.29) is 17.9 Å². The van der Waals surface area contributed by atoms with E-state index in [1.54, 1.807) is 0 Å². The number of nitrogens with zero attached hydrogens (tertiary/aromatic N) is 2. The molecule has 0 N–H and O–H groups in total. The van der Waals surface area contributed by atoms with E-state index in [1.807, 2.05) is 18.2 Å². The van der Waals surface area contributed by atoms with E-state index < -0.39 is 0 Å². The maximum absolute atomic E-state index is 12.9. The van der Waals surface area contributed by atoms with Crippen LogP contribution in [0.15, 0.2) is 109 Å². The molecule has 4 aromatic carbocycles. The quantitative estimate of drug-likeness (QED) is 0.347. The zero-order valence-corrected chi connectivity index (χ0v) is 19.2. The van der Waals surface area contributed by atoms with Gasteiger partial charge in [0.25, 0.3) is 5.91 Å². The molecule has 0 spiro atoms. The van der Waals surface area contributed by atoms with Gasteiger partial charge in [0, 0.05) is 36.8 Å². The highest BCUT2D eigenvalue weighted by molar-refractivity contribution is 5.98. The van der Waals surface area contributed by atoms with Crippen LogP contribution in [-0.2, 0) is 6.54 Å². The lowest BCUT2D eigenvalue weighted by Crippen LogP contribution is -2.37. The summed E-state index contributed by atoms with van der Waals surface area (Å²) in [4.78, 5) is 17.4. The molecule has 1 amide bonds. The fraction of sp³-hybridized carbons (Fsp3) is 0.194. The number of anilines is 1. The molecule has 2 aliphatic rings. The predicted molar refractivity (Wildman–Crippen MR) is 137 cm³/mol. The third-order valence-corrected chi connectivity index (χ3v) is 7.31. The van der Waals surface area contributed by atoms with E-state index in [1.165, 1.54) is 22.4 Å². The molecule has 3 nitrogen and oxygen atoms in total. The average molecular weight is 445 g/mol. The third kappa shape index (κ3) is 3.77. The molecule has 0 saturated carbocycles. The minimum atomic E-state index is 0.186. The second-order valence-corrected chi connectivity index (χ2v) is 9.32. The van der Waals surface area contributed by atoms with Gasteiger partial charge >= 0.3 is 0 Å². The Morgan fingerprint density at radius 3 is 1.91 bits per heavy atom. The molecule has 34 heavy (non-hydrogen) atoms. The Bertz CT molecular complexity index is 1240. The largest absolute Gasteiger partial charge is 0.369 e. The first kappa shape index (κ1) is 20.7. The molecule has 4 aromatic rings. The van der Waals surface area contributed by atoms with Gasteiger partial charge in [-0.2, -0.15) is 0 Å². The Labute approximate surface area is 201 Å². The molecule has 2 heterocycles. The Balaban J connectivity index is 1.21. The van der Waals surface area contributed by atoms with Crippen LogP contribution in [0.5, 0.6) is 0 Å². The molecule has 1 saturated heterocycles. The minimum Gasteiger partial charge on any atom is -0.369 e. The normalized spacial score (nSPS) is 17.4. The number of hydrogen-bond acceptors (Lipinski definition) is 2. The summed E-state index contributed by atoms with van der Waals surface area (Å²) in [7, 11) is 0. The summed E-state index contributed by atoms with van der Waals surface area (Å²) in [6, 6.07) is 38.7. The lowest BCUT2D eigenvalue weighted by atomic mass is 9.85. The maximum atomic E-state index is 12.9. The minimum absolute atomic E-state index is 0.186. The van der Waals surface area contributed by atoms with Crippen LogP contribution in [0, 0.1) is 0 Å². The van der Waals surface area contributed by atoms with Gasteiger partial charge in [0.05, 0.1) is 6.04 Å². The summed E-state index contributed by atoms with van der Waals surface area (Å²) in [5.41, 5.74) is 7.16. The summed E-state index contributed by atoms with van der Waals surface area (Å²) in [5, 5.41) is 0. The number of benzene rings is 4. The van der Waals surface area contributed by atoms with Gasteiger partial charge in [0.15, 0.2) is 0 Å². The first-order valence-corrected chi connectivity index (χ1v) is 12.1. The first-order valence-electron chi connectivity index (χ1n) is 12.1. The topological polar surface area (TPSA) is 23.6 Å². The van der Waals surface area contributed by atoms with Crippen molar-refractivity contribution in [2.75, 3.05) is 18.0 Å². The van der Waals surface area contributed by atoms with Crippen LogP contribution in [0.4, 0.5) is 5.69 Å². The summed E-state index contributed by atoms with van der Waals surface area (Å²) < 4.78 is 0. The van der Waals surface area contributed by atoms with E-state index in [0.717, 1.165) is 37.2 Å². The van der Waals surface area contributed by atoms with Crippen LogP contribution < -0.4 is 4.90 Å². The molecule has 3 heteroatoms. The highest BCUT2D eigenvalue weighted by Gasteiger charge is 2.36. The molecule has 0 aromatic heterocycles. The van der Waals surface area contributed by atoms with Crippen molar-refractivity contribution in [2.24, 2.45) is 0 Å². The molecule has 0 aliphatic carbocycles. The zero-order valence-electron chi connectivity index (χ0n) is 19.2. The maximum Gasteiger partial charge on any atom is 0.254 e. The second kappa shape index (κ2) is 8.83. The Hall–Kier alpha value is -3.85. The molecule has 168 valence electrons. The standard InChI is InChI=1S/C31H28N2O/c34-31-29-14-8-7-13-26(29)21-33(31)28-19-20-32(22-28)27-17-15-25(16-18-27)30(23-9-3-1-4-10-23)24-11-5-2-6-12-24/h1-18,28,30H,19-22H2. The van der Waals surface area contributed by atoms with Crippen molar-refractivity contribution in [1.29, 1.82) is 0 Å². The Kier molecular flexibility index (Phi) is 5.38. The number of carbonyl (C=O) groups excluding carboxylic acids is 1. The van der Waals surface area contributed by atoms with Crippen molar-refractivity contribution >= 4 is 11.6 Å². The van der Waals surface area contributed by atoms with Crippen LogP contribution in [0.3, 0.4) is 0 Å². The van der Waals surface area contributed by atoms with E-state index in [2.05, 4.69) is 101 Å². The van der Waals surface area contributed by atoms with Gasteiger partial charge in [0.2, 0.25) is 0 Å². The third-order valence-electron chi connectivity index (χ3n) is 7.31. The molecule has 1 atom stereocenters. The highest BCUT2D eigenvalue weighted by atomic mass is 16.2. The van der Waals surface area contributed by atoms with Gasteiger partial charge < -0.3 is 9.80 Å². The predicted octanol–water partition coefficient (Wildman–Crippen LogP) is 6.10. The van der Waals surface area contributed by atoms with Crippen molar-refractivity contribution < 1.29 is 4.79 Å². The van der Waals surface area contributed by atoms with E-state index >= 15 is 0 Å². The summed E-state index contributed by atoms with van der Waals surface area (Å²) in [6.45, 7) is 2.60. The van der Waals surface area contributed by atoms with Crippen LogP contribution in [-0.4, -0.2) is 29.9 Å². The van der Waals surface area contributed by atoms with Gasteiger partial charge in [-0.25, -0.2) is 0 Å². The Morgan fingerprint density at radius 1 is 0.676 bits per heavy atom. The molecule has 0 bridgehead atoms. The van der Waals surface area contributed by atoms with Gasteiger partial charge in [-0.1, -0.05) is 91.0 Å². The van der Waals surface area contributed by atoms with Crippen LogP contribution in [0.25, 0.3) is 0 Å². The summed E-state index contributed by atoms with van der Waals surface area (Å²) in [5.74, 6) is 0.398. The number of rotatable bonds is 5. The number of carbonyl (C=O) groups is 1. The SMILES string of the molecule is O=C1c2ccccc2CN1C1CCN(c2ccc(C(c3ccccc3)c3ccccc3)cc2)C1. The first-order chi connectivity index (χ1) is 16.8. The number of fused-ring (bicyclic) bond motifs is 1. The van der Waals surface area contributed by atoms with Crippen molar-refractivity contribution in [3.05, 3.63) is 137 Å². The molecule has 1 unspecified atom stereocenters. The highest BCUT2D eigenvalue weighted by Crippen LogP contribution is 2.34. The van der Waals surface area contributed by atoms with Crippen LogP contribution in [0.1, 0.15) is 45.0 Å². The average Bonchev–Trinajstić information content (AvgIpc) is 3.51. The number of amides is 1. The molecule has 6 rings (SSSR count). The summed E-state index contributed by atoms with van der Waals surface area (Å²) in [6.07, 6.45) is 1.01.